The van der Waals surface area contributed by atoms with Crippen LogP contribution in [0.3, 0.4) is 0 Å². The second-order valence-electron chi connectivity index (χ2n) is 4.33. The number of carbonyl (C=O) groups is 2. The molecule has 23 heavy (non-hydrogen) atoms. The third-order valence-electron chi connectivity index (χ3n) is 2.74. The van der Waals surface area contributed by atoms with E-state index >= 15 is 0 Å². The van der Waals surface area contributed by atoms with Crippen molar-refractivity contribution in [3.8, 4) is 5.75 Å². The number of nitrogens with one attached hydrogen (secondary N) is 1. The van der Waals surface area contributed by atoms with Gasteiger partial charge in [0.05, 0.1) is 38.0 Å². The third-order valence-corrected chi connectivity index (χ3v) is 3.85. The Morgan fingerprint density at radius 2 is 1.78 bits per heavy atom. The molecule has 0 aliphatic rings. The molecular formula is C14H17NO7S. The maximum absolute atomic E-state index is 11.7. The van der Waals surface area contributed by atoms with Crippen LogP contribution < -0.4 is 10.1 Å². The number of benzene rings is 1. The largest absolute Gasteiger partial charge is 0.495 e. The average molecular weight is 343 g/mol. The van der Waals surface area contributed by atoms with Crippen LogP contribution in [0.1, 0.15) is 0 Å². The van der Waals surface area contributed by atoms with Crippen molar-refractivity contribution in [1.82, 2.24) is 0 Å². The fourth-order valence-electron chi connectivity index (χ4n) is 1.59. The zero-order valence-corrected chi connectivity index (χ0v) is 13.9. The Labute approximate surface area is 134 Å². The molecule has 1 N–H and O–H groups in total. The van der Waals surface area contributed by atoms with Gasteiger partial charge in [-0.25, -0.2) is 18.0 Å². The summed E-state index contributed by atoms with van der Waals surface area (Å²) in [6, 6.07) is 4.06. The molecule has 0 unspecified atom stereocenters. The minimum atomic E-state index is -3.46. The molecule has 0 fully saturated rings. The SMILES string of the molecule is COC(=O)/C=C(/Nc1cc(S(C)(=O)=O)ccc1OC)C(=O)OC. The molecule has 1 rings (SSSR count). The van der Waals surface area contributed by atoms with Crippen molar-refractivity contribution in [2.75, 3.05) is 32.9 Å². The quantitative estimate of drug-likeness (QED) is 0.595. The number of hydrogen-bond donors (Lipinski definition) is 1. The van der Waals surface area contributed by atoms with E-state index in [1.807, 2.05) is 0 Å². The van der Waals surface area contributed by atoms with Gasteiger partial charge in [-0.3, -0.25) is 0 Å². The van der Waals surface area contributed by atoms with E-state index in [1.165, 1.54) is 25.3 Å². The van der Waals surface area contributed by atoms with Crippen LogP contribution in [0.2, 0.25) is 0 Å². The van der Waals surface area contributed by atoms with Crippen molar-refractivity contribution < 1.29 is 32.2 Å². The number of sulfone groups is 1. The highest BCUT2D eigenvalue weighted by Gasteiger charge is 2.17. The Hall–Kier alpha value is -2.55. The van der Waals surface area contributed by atoms with Gasteiger partial charge in [-0.1, -0.05) is 0 Å². The van der Waals surface area contributed by atoms with Crippen LogP contribution in [0.25, 0.3) is 0 Å². The van der Waals surface area contributed by atoms with Gasteiger partial charge in [0.15, 0.2) is 9.84 Å². The molecule has 0 aliphatic carbocycles. The summed E-state index contributed by atoms with van der Waals surface area (Å²) in [5.41, 5.74) is -0.0562. The number of esters is 2. The lowest BCUT2D eigenvalue weighted by Gasteiger charge is -2.13. The first kappa shape index (κ1) is 18.5. The molecule has 0 bridgehead atoms. The Bertz CT molecular complexity index is 737. The molecule has 0 aromatic heterocycles. The van der Waals surface area contributed by atoms with Crippen LogP contribution in [-0.4, -0.2) is 47.9 Å². The van der Waals surface area contributed by atoms with Gasteiger partial charge in [0, 0.05) is 6.26 Å². The molecule has 0 atom stereocenters. The molecule has 0 amide bonds. The smallest absolute Gasteiger partial charge is 0.354 e. The van der Waals surface area contributed by atoms with Gasteiger partial charge in [0.2, 0.25) is 0 Å². The Morgan fingerprint density at radius 3 is 2.26 bits per heavy atom. The summed E-state index contributed by atoms with van der Waals surface area (Å²) in [7, 11) is 0.205. The first-order valence-corrected chi connectivity index (χ1v) is 8.15. The molecule has 0 aliphatic heterocycles. The molecule has 0 spiro atoms. The summed E-state index contributed by atoms with van der Waals surface area (Å²) >= 11 is 0. The van der Waals surface area contributed by atoms with E-state index in [-0.39, 0.29) is 22.0 Å². The van der Waals surface area contributed by atoms with Gasteiger partial charge in [-0.15, -0.1) is 0 Å². The highest BCUT2D eigenvalue weighted by atomic mass is 32.2. The Kier molecular flexibility index (Phi) is 6.14. The molecule has 0 saturated carbocycles. The van der Waals surface area contributed by atoms with Gasteiger partial charge in [-0.05, 0) is 18.2 Å². The maximum Gasteiger partial charge on any atom is 0.354 e. The molecule has 1 aromatic rings. The topological polar surface area (TPSA) is 108 Å². The van der Waals surface area contributed by atoms with E-state index in [1.54, 1.807) is 0 Å². The van der Waals surface area contributed by atoms with E-state index in [2.05, 4.69) is 14.8 Å². The second-order valence-corrected chi connectivity index (χ2v) is 6.35. The number of hydrogen-bond acceptors (Lipinski definition) is 8. The van der Waals surface area contributed by atoms with Gasteiger partial charge in [0.25, 0.3) is 0 Å². The molecular weight excluding hydrogens is 326 g/mol. The van der Waals surface area contributed by atoms with Gasteiger partial charge >= 0.3 is 11.9 Å². The van der Waals surface area contributed by atoms with Crippen LogP contribution in [0, 0.1) is 0 Å². The minimum Gasteiger partial charge on any atom is -0.495 e. The Morgan fingerprint density at radius 1 is 1.13 bits per heavy atom. The summed E-state index contributed by atoms with van der Waals surface area (Å²) in [4.78, 5) is 23.1. The predicted molar refractivity (Wildman–Crippen MR) is 81.8 cm³/mol. The number of rotatable bonds is 6. The maximum atomic E-state index is 11.7. The van der Waals surface area contributed by atoms with Crippen molar-refractivity contribution in [3.63, 3.8) is 0 Å². The summed E-state index contributed by atoms with van der Waals surface area (Å²) < 4.78 is 37.4. The average Bonchev–Trinajstić information content (AvgIpc) is 2.52. The molecule has 9 heteroatoms. The minimum absolute atomic E-state index is 0.0167. The second kappa shape index (κ2) is 7.63. The predicted octanol–water partition coefficient (Wildman–Crippen LogP) is 0.740. The fourth-order valence-corrected chi connectivity index (χ4v) is 2.24. The van der Waals surface area contributed by atoms with E-state index in [9.17, 15) is 18.0 Å². The van der Waals surface area contributed by atoms with E-state index in [4.69, 9.17) is 4.74 Å². The summed E-state index contributed by atoms with van der Waals surface area (Å²) in [5.74, 6) is -1.34. The first-order valence-electron chi connectivity index (χ1n) is 6.26. The highest BCUT2D eigenvalue weighted by molar-refractivity contribution is 7.90. The van der Waals surface area contributed by atoms with Crippen molar-refractivity contribution in [3.05, 3.63) is 30.0 Å². The van der Waals surface area contributed by atoms with Crippen LogP contribution in [0.4, 0.5) is 5.69 Å². The molecule has 8 nitrogen and oxygen atoms in total. The van der Waals surface area contributed by atoms with Crippen molar-refractivity contribution in [1.29, 1.82) is 0 Å². The normalized spacial score (nSPS) is 11.6. The number of anilines is 1. The highest BCUT2D eigenvalue weighted by Crippen LogP contribution is 2.28. The van der Waals surface area contributed by atoms with Crippen molar-refractivity contribution in [2.24, 2.45) is 0 Å². The van der Waals surface area contributed by atoms with Crippen molar-refractivity contribution in [2.45, 2.75) is 4.90 Å². The lowest BCUT2D eigenvalue weighted by molar-refractivity contribution is -0.138. The fraction of sp³-hybridized carbons (Fsp3) is 0.286. The Balaban J connectivity index is 3.34. The molecule has 1 aromatic carbocycles. The van der Waals surface area contributed by atoms with Crippen LogP contribution in [0.5, 0.6) is 5.75 Å². The van der Waals surface area contributed by atoms with E-state index < -0.39 is 21.8 Å². The van der Waals surface area contributed by atoms with E-state index in [0.717, 1.165) is 26.6 Å². The van der Waals surface area contributed by atoms with Gasteiger partial charge in [0.1, 0.15) is 11.4 Å². The summed E-state index contributed by atoms with van der Waals surface area (Å²) in [6.45, 7) is 0. The molecule has 126 valence electrons. The van der Waals surface area contributed by atoms with Crippen LogP contribution in [0.15, 0.2) is 34.9 Å². The lowest BCUT2D eigenvalue weighted by atomic mass is 10.2. The van der Waals surface area contributed by atoms with Gasteiger partial charge < -0.3 is 19.5 Å². The van der Waals surface area contributed by atoms with E-state index in [0.29, 0.717) is 0 Å². The molecule has 0 radical (unpaired) electrons. The van der Waals surface area contributed by atoms with Gasteiger partial charge in [-0.2, -0.15) is 0 Å². The zero-order valence-electron chi connectivity index (χ0n) is 13.1. The molecule has 0 heterocycles. The standard InChI is InChI=1S/C14H17NO7S/c1-20-12-6-5-9(23(4,18)19)7-10(12)15-11(14(17)22-3)8-13(16)21-2/h5-8,15H,1-4H3/b11-8+. The third kappa shape index (κ3) is 4.99. The number of carbonyl (C=O) groups excluding carboxylic acids is 2. The number of ether oxygens (including phenoxy) is 3. The first-order chi connectivity index (χ1) is 10.7. The monoisotopic (exact) mass is 343 g/mol. The zero-order chi connectivity index (χ0) is 17.6. The summed E-state index contributed by atoms with van der Waals surface area (Å²) in [6.07, 6.45) is 1.93. The van der Waals surface area contributed by atoms with Crippen LogP contribution in [-0.2, 0) is 28.9 Å². The molecule has 0 saturated heterocycles. The number of methoxy groups -OCH3 is 3. The van der Waals surface area contributed by atoms with Crippen LogP contribution >= 0.6 is 0 Å². The summed E-state index contributed by atoms with van der Waals surface area (Å²) in [5, 5.41) is 2.62. The lowest BCUT2D eigenvalue weighted by Crippen LogP contribution is -2.16. The van der Waals surface area contributed by atoms with Crippen molar-refractivity contribution >= 4 is 27.5 Å².